The van der Waals surface area contributed by atoms with Crippen molar-refractivity contribution in [2.75, 3.05) is 0 Å². The first kappa shape index (κ1) is 95.1. The van der Waals surface area contributed by atoms with Gasteiger partial charge in [-0.25, -0.2) is 34.9 Å². The van der Waals surface area contributed by atoms with Crippen molar-refractivity contribution in [3.05, 3.63) is 352 Å². The number of ether oxygens (including phenoxy) is 4. The standard InChI is InChI=1S/C26H17N4O2.2C25H22N3O2.C24H21N4O2.4Pt/c31-22-14-5-4-13-21(22)26-29-24(18-9-2-1-3-10-18)28-25(30-26)19-11-8-12-20(17-19)32-23-15-6-7-16-27-23;1-25(2,3)20-11-7-10-19(23(20)29)24-27-15-13-21(28-24)17-8-6-9-18(16-17)30-22-12-4-5-14-26-22;1-25(2,3)18-10-11-23(29)20(14-18)22-16-26-15-21(28-22)17-7-6-8-19(13-17)30-24-9-4-5-12-27-24;1-24(2,3)23-27-21(26-22(28-23)18-11-4-5-12-19(18)29)16-9-8-10-17(15-16)30-20-13-6-7-14-25-20;;;;/h1-16,31H;4-15,29H,1-3H3;4-12,14-16,29H,1-3H3;4-14,29H,1-3H3;;;;/q4*-1;;;;. The summed E-state index contributed by atoms with van der Waals surface area (Å²) in [5.74, 6) is 7.85. The Kier molecular flexibility index (Phi) is 33.2. The Morgan fingerprint density at radius 3 is 1.13 bits per heavy atom. The van der Waals surface area contributed by atoms with Gasteiger partial charge in [-0.05, 0) is 94.4 Å². The fourth-order valence-electron chi connectivity index (χ4n) is 12.1. The Hall–Kier alpha value is -13.1. The molecule has 644 valence electrons. The first-order chi connectivity index (χ1) is 59.0. The molecule has 8 aromatic heterocycles. The summed E-state index contributed by atoms with van der Waals surface area (Å²) in [5, 5.41) is 41.9. The van der Waals surface area contributed by atoms with E-state index in [0.29, 0.717) is 138 Å². The molecule has 0 atom stereocenters. The molecule has 0 spiro atoms. The van der Waals surface area contributed by atoms with Gasteiger partial charge in [0, 0.05) is 191 Å². The second-order valence-corrected chi connectivity index (χ2v) is 30.5. The zero-order chi connectivity index (χ0) is 85.2. The predicted molar refractivity (Wildman–Crippen MR) is 468 cm³/mol. The monoisotopic (exact) mass is 2390 g/mol. The van der Waals surface area contributed by atoms with Crippen LogP contribution in [0.5, 0.6) is 69.5 Å². The minimum atomic E-state index is -0.307. The van der Waals surface area contributed by atoms with E-state index in [9.17, 15) is 20.4 Å². The second-order valence-electron chi connectivity index (χ2n) is 30.5. The zero-order valence-corrected chi connectivity index (χ0v) is 78.5. The van der Waals surface area contributed by atoms with Crippen LogP contribution in [0.3, 0.4) is 0 Å². The van der Waals surface area contributed by atoms with Crippen molar-refractivity contribution in [3.8, 4) is 172 Å². The van der Waals surface area contributed by atoms with Crippen LogP contribution in [-0.4, -0.2) is 90.2 Å². The number of nitrogens with zero attached hydrogens (tertiary/aromatic N) is 14. The summed E-state index contributed by atoms with van der Waals surface area (Å²) in [7, 11) is 0. The molecule has 0 aliphatic rings. The number of benzene rings is 9. The van der Waals surface area contributed by atoms with Crippen molar-refractivity contribution in [3.63, 3.8) is 0 Å². The topological polar surface area (TPSA) is 298 Å². The number of pyridine rings is 4. The van der Waals surface area contributed by atoms with Crippen molar-refractivity contribution >= 4 is 0 Å². The van der Waals surface area contributed by atoms with Gasteiger partial charge in [0.25, 0.3) is 0 Å². The van der Waals surface area contributed by atoms with Crippen LogP contribution in [-0.2, 0) is 101 Å². The predicted octanol–water partition coefficient (Wildman–Crippen LogP) is 22.4. The number of phenols is 4. The molecule has 0 fully saturated rings. The van der Waals surface area contributed by atoms with Crippen LogP contribution in [0.1, 0.15) is 79.3 Å². The number of rotatable bonds is 17. The third-order valence-corrected chi connectivity index (χ3v) is 18.3. The van der Waals surface area contributed by atoms with E-state index in [2.05, 4.69) is 131 Å². The van der Waals surface area contributed by atoms with E-state index in [1.807, 2.05) is 209 Å². The Morgan fingerprint density at radius 2 is 0.667 bits per heavy atom. The number of phenolic OH excluding ortho intramolecular Hbond substituents is 4. The van der Waals surface area contributed by atoms with Gasteiger partial charge >= 0.3 is 0 Å². The molecule has 4 N–H and O–H groups in total. The van der Waals surface area contributed by atoms with E-state index >= 15 is 0 Å². The number of hydrogen-bond acceptors (Lipinski definition) is 22. The van der Waals surface area contributed by atoms with Gasteiger partial charge in [-0.1, -0.05) is 190 Å². The summed E-state index contributed by atoms with van der Waals surface area (Å²) in [4.78, 5) is 62.6. The molecule has 0 amide bonds. The van der Waals surface area contributed by atoms with Crippen molar-refractivity contribution in [1.82, 2.24) is 69.8 Å². The molecule has 0 aliphatic carbocycles. The summed E-state index contributed by atoms with van der Waals surface area (Å²) in [6.07, 6.45) is 11.7. The molecule has 17 aromatic rings. The molecule has 9 aromatic carbocycles. The average Bonchev–Trinajstić information content (AvgIpc) is 0.806. The Balaban J connectivity index is 0.000000174. The minimum absolute atomic E-state index is 0. The van der Waals surface area contributed by atoms with E-state index in [-0.39, 0.29) is 124 Å². The molecular formula is C100H82N14O8Pt4-4. The fourth-order valence-corrected chi connectivity index (χ4v) is 12.1. The van der Waals surface area contributed by atoms with Crippen LogP contribution < -0.4 is 18.9 Å². The first-order valence-electron chi connectivity index (χ1n) is 38.9. The molecule has 126 heavy (non-hydrogen) atoms. The normalized spacial score (nSPS) is 10.8. The quantitative estimate of drug-likeness (QED) is 0.0616. The molecule has 26 heteroatoms. The van der Waals surface area contributed by atoms with E-state index in [1.54, 1.807) is 122 Å². The molecule has 0 saturated heterocycles. The largest absolute Gasteiger partial charge is 0.507 e. The fraction of sp³-hybridized carbons (Fsp3) is 0.120. The molecule has 0 saturated carbocycles. The van der Waals surface area contributed by atoms with E-state index in [4.69, 9.17) is 23.9 Å². The van der Waals surface area contributed by atoms with Gasteiger partial charge in [0.15, 0.2) is 23.3 Å². The van der Waals surface area contributed by atoms with Gasteiger partial charge < -0.3 is 39.4 Å². The van der Waals surface area contributed by atoms with E-state index in [1.165, 1.54) is 0 Å². The zero-order valence-electron chi connectivity index (χ0n) is 69.4. The molecule has 0 radical (unpaired) electrons. The average molecular weight is 2390 g/mol. The van der Waals surface area contributed by atoms with Crippen LogP contribution in [0, 0.1) is 24.3 Å². The summed E-state index contributed by atoms with van der Waals surface area (Å²) in [5.41, 5.74) is 9.31. The molecular weight excluding hydrogens is 2310 g/mol. The van der Waals surface area contributed by atoms with Gasteiger partial charge in [-0.3, -0.25) is 34.9 Å². The number of para-hydroxylation sites is 3. The summed E-state index contributed by atoms with van der Waals surface area (Å²) >= 11 is 0. The molecule has 0 bridgehead atoms. The van der Waals surface area contributed by atoms with Crippen LogP contribution in [0.15, 0.2) is 310 Å². The summed E-state index contributed by atoms with van der Waals surface area (Å²) in [6.45, 7) is 18.7. The van der Waals surface area contributed by atoms with Crippen molar-refractivity contribution in [1.29, 1.82) is 0 Å². The van der Waals surface area contributed by atoms with Crippen molar-refractivity contribution < 1.29 is 124 Å². The van der Waals surface area contributed by atoms with Crippen LogP contribution >= 0.6 is 0 Å². The summed E-state index contributed by atoms with van der Waals surface area (Å²) < 4.78 is 23.2. The van der Waals surface area contributed by atoms with Gasteiger partial charge in [0.2, 0.25) is 23.5 Å². The minimum Gasteiger partial charge on any atom is -0.507 e. The molecule has 0 unspecified atom stereocenters. The van der Waals surface area contributed by atoms with Gasteiger partial charge in [0.05, 0.1) is 40.2 Å². The third kappa shape index (κ3) is 25.3. The number of aromatic hydroxyl groups is 4. The number of aromatic nitrogens is 14. The summed E-state index contributed by atoms with van der Waals surface area (Å²) in [6, 6.07) is 93.6. The van der Waals surface area contributed by atoms with Crippen LogP contribution in [0.25, 0.3) is 102 Å². The first-order valence-corrected chi connectivity index (χ1v) is 38.9. The Labute approximate surface area is 788 Å². The number of hydrogen-bond donors (Lipinski definition) is 4. The smallest absolute Gasteiger partial charge is 0.217 e. The maximum atomic E-state index is 10.8. The third-order valence-electron chi connectivity index (χ3n) is 18.3. The molecule has 22 nitrogen and oxygen atoms in total. The van der Waals surface area contributed by atoms with E-state index < -0.39 is 0 Å². The van der Waals surface area contributed by atoms with Crippen LogP contribution in [0.2, 0.25) is 0 Å². The van der Waals surface area contributed by atoms with Gasteiger partial charge in [-0.15, -0.1) is 95.1 Å². The van der Waals surface area contributed by atoms with Gasteiger partial charge in [0.1, 0.15) is 28.8 Å². The molecule has 8 heterocycles. The SMILES string of the molecule is CC(C)(C)c1ccc(O)c(-c2cncc(-c3[c-]c(Oc4ccccn4)ccc3)n2)c1.CC(C)(C)c1cccc(-c2nccc(-c3[c-]c(Oc4ccccn4)ccc3)n2)c1O.CC(C)(C)c1nc(-c2[c-]c(Oc3ccccn3)ccc2)nc(-c2ccccc2O)n1.Oc1ccccc1-c1nc(-c2[c-]c(Oc3ccccn3)ccc2)nc(-c2ccccc2)n1.[Pt].[Pt].[Pt].[Pt]. The van der Waals surface area contributed by atoms with Gasteiger partial charge in [-0.2, -0.15) is 0 Å². The Morgan fingerprint density at radius 1 is 0.270 bits per heavy atom. The Bertz CT molecular complexity index is 6320. The molecule has 17 rings (SSSR count). The van der Waals surface area contributed by atoms with Crippen LogP contribution in [0.4, 0.5) is 0 Å². The second kappa shape index (κ2) is 44.0. The molecule has 0 aliphatic heterocycles. The maximum Gasteiger partial charge on any atom is 0.217 e. The van der Waals surface area contributed by atoms with Crippen molar-refractivity contribution in [2.24, 2.45) is 0 Å². The van der Waals surface area contributed by atoms with Crippen molar-refractivity contribution in [2.45, 2.75) is 78.6 Å². The van der Waals surface area contributed by atoms with E-state index in [0.717, 1.165) is 27.8 Å². The maximum absolute atomic E-state index is 10.8.